The van der Waals surface area contributed by atoms with Crippen LogP contribution in [0.25, 0.3) is 0 Å². The monoisotopic (exact) mass is 234 g/mol. The van der Waals surface area contributed by atoms with Gasteiger partial charge in [-0.05, 0) is 12.1 Å². The summed E-state index contributed by atoms with van der Waals surface area (Å²) >= 11 is 0. The fraction of sp³-hybridized carbons (Fsp3) is 0.0909. The van der Waals surface area contributed by atoms with E-state index in [9.17, 15) is 4.39 Å². The summed E-state index contributed by atoms with van der Waals surface area (Å²) in [6, 6.07) is 4.50. The molecule has 17 heavy (non-hydrogen) atoms. The highest BCUT2D eigenvalue weighted by Crippen LogP contribution is 2.24. The van der Waals surface area contributed by atoms with Crippen LogP contribution in [0, 0.1) is 5.82 Å². The fourth-order valence-electron chi connectivity index (χ4n) is 1.33. The predicted molar refractivity (Wildman–Crippen MR) is 62.7 cm³/mol. The lowest BCUT2D eigenvalue weighted by atomic mass is 10.3. The normalized spacial score (nSPS) is 10.0. The average molecular weight is 234 g/mol. The molecule has 0 atom stereocenters. The quantitative estimate of drug-likeness (QED) is 0.849. The molecule has 6 heteroatoms. The molecule has 5 nitrogen and oxygen atoms in total. The van der Waals surface area contributed by atoms with Gasteiger partial charge in [0, 0.05) is 11.8 Å². The zero-order chi connectivity index (χ0) is 12.3. The van der Waals surface area contributed by atoms with Crippen LogP contribution < -0.4 is 15.8 Å². The topological polar surface area (TPSA) is 73.1 Å². The molecule has 1 aromatic carbocycles. The number of halogens is 1. The molecule has 0 unspecified atom stereocenters. The Balaban J connectivity index is 2.25. The van der Waals surface area contributed by atoms with Gasteiger partial charge in [-0.2, -0.15) is 0 Å². The van der Waals surface area contributed by atoms with Crippen molar-refractivity contribution in [3.8, 4) is 5.75 Å². The Hall–Kier alpha value is -2.37. The zero-order valence-electron chi connectivity index (χ0n) is 9.14. The van der Waals surface area contributed by atoms with Gasteiger partial charge in [-0.15, -0.1) is 0 Å². The minimum atomic E-state index is -0.454. The lowest BCUT2D eigenvalue weighted by Crippen LogP contribution is -2.00. The van der Waals surface area contributed by atoms with Crippen LogP contribution in [-0.2, 0) is 0 Å². The zero-order valence-corrected chi connectivity index (χ0v) is 9.14. The van der Waals surface area contributed by atoms with E-state index in [4.69, 9.17) is 10.5 Å². The summed E-state index contributed by atoms with van der Waals surface area (Å²) in [6.45, 7) is 0. The lowest BCUT2D eigenvalue weighted by molar-refractivity contribution is 0.386. The molecule has 0 bridgehead atoms. The number of aromatic nitrogens is 2. The van der Waals surface area contributed by atoms with Crippen molar-refractivity contribution in [3.05, 3.63) is 36.5 Å². The number of hydrogen-bond acceptors (Lipinski definition) is 5. The molecule has 0 amide bonds. The number of nitrogen functional groups attached to an aromatic ring is 1. The molecular weight excluding hydrogens is 223 g/mol. The van der Waals surface area contributed by atoms with Crippen molar-refractivity contribution in [3.63, 3.8) is 0 Å². The van der Waals surface area contributed by atoms with Gasteiger partial charge in [-0.25, -0.2) is 14.4 Å². The summed E-state index contributed by atoms with van der Waals surface area (Å²) in [5.41, 5.74) is 6.58. The maximum absolute atomic E-state index is 13.4. The maximum Gasteiger partial charge on any atom is 0.167 e. The van der Waals surface area contributed by atoms with E-state index < -0.39 is 5.82 Å². The maximum atomic E-state index is 13.4. The standard InChI is InChI=1S/C11H11FN4O/c1-17-10-3-2-7(4-8(10)12)16-11-9(13)5-14-6-15-11/h2-6H,13H2,1H3,(H,14,15,16). The molecule has 0 radical (unpaired) electrons. The molecule has 0 aliphatic carbocycles. The number of hydrogen-bond donors (Lipinski definition) is 2. The van der Waals surface area contributed by atoms with Crippen LogP contribution in [-0.4, -0.2) is 17.1 Å². The van der Waals surface area contributed by atoms with Gasteiger partial charge in [0.25, 0.3) is 0 Å². The van der Waals surface area contributed by atoms with E-state index in [-0.39, 0.29) is 5.75 Å². The van der Waals surface area contributed by atoms with Crippen LogP contribution in [0.3, 0.4) is 0 Å². The molecule has 0 aliphatic heterocycles. The van der Waals surface area contributed by atoms with Crippen LogP contribution in [0.5, 0.6) is 5.75 Å². The highest BCUT2D eigenvalue weighted by molar-refractivity contribution is 5.67. The lowest BCUT2D eigenvalue weighted by Gasteiger charge is -2.08. The van der Waals surface area contributed by atoms with Gasteiger partial charge >= 0.3 is 0 Å². The molecule has 0 saturated carbocycles. The summed E-state index contributed by atoms with van der Waals surface area (Å²) in [7, 11) is 1.41. The summed E-state index contributed by atoms with van der Waals surface area (Å²) < 4.78 is 18.2. The largest absolute Gasteiger partial charge is 0.494 e. The molecule has 1 heterocycles. The molecule has 1 aromatic heterocycles. The highest BCUT2D eigenvalue weighted by atomic mass is 19.1. The van der Waals surface area contributed by atoms with E-state index in [1.165, 1.54) is 31.8 Å². The van der Waals surface area contributed by atoms with Crippen LogP contribution in [0.2, 0.25) is 0 Å². The number of nitrogens with one attached hydrogen (secondary N) is 1. The van der Waals surface area contributed by atoms with Crippen molar-refractivity contribution >= 4 is 17.2 Å². The summed E-state index contributed by atoms with van der Waals surface area (Å²) in [4.78, 5) is 7.71. The fourth-order valence-corrected chi connectivity index (χ4v) is 1.33. The second-order valence-electron chi connectivity index (χ2n) is 3.30. The second kappa shape index (κ2) is 4.65. The number of anilines is 3. The molecule has 0 saturated heterocycles. The first-order valence-corrected chi connectivity index (χ1v) is 4.86. The van der Waals surface area contributed by atoms with Crippen molar-refractivity contribution in [2.24, 2.45) is 0 Å². The van der Waals surface area contributed by atoms with Crippen LogP contribution >= 0.6 is 0 Å². The molecule has 88 valence electrons. The minimum Gasteiger partial charge on any atom is -0.494 e. The Bertz CT molecular complexity index is 533. The van der Waals surface area contributed by atoms with Crippen molar-refractivity contribution in [2.75, 3.05) is 18.2 Å². The van der Waals surface area contributed by atoms with E-state index in [1.807, 2.05) is 0 Å². The average Bonchev–Trinajstić information content (AvgIpc) is 2.32. The van der Waals surface area contributed by atoms with E-state index in [0.717, 1.165) is 0 Å². The van der Waals surface area contributed by atoms with Gasteiger partial charge in [0.05, 0.1) is 19.0 Å². The Kier molecular flexibility index (Phi) is 3.04. The van der Waals surface area contributed by atoms with Crippen molar-refractivity contribution < 1.29 is 9.13 Å². The van der Waals surface area contributed by atoms with E-state index in [0.29, 0.717) is 17.2 Å². The van der Waals surface area contributed by atoms with Crippen molar-refractivity contribution in [1.82, 2.24) is 9.97 Å². The smallest absolute Gasteiger partial charge is 0.167 e. The molecular formula is C11H11FN4O. The van der Waals surface area contributed by atoms with E-state index >= 15 is 0 Å². The Morgan fingerprint density at radius 3 is 2.88 bits per heavy atom. The first-order chi connectivity index (χ1) is 8.20. The van der Waals surface area contributed by atoms with Crippen LogP contribution in [0.1, 0.15) is 0 Å². The SMILES string of the molecule is COc1ccc(Nc2ncncc2N)cc1F. The summed E-state index contributed by atoms with van der Waals surface area (Å²) in [6.07, 6.45) is 2.83. The number of nitrogens with two attached hydrogens (primary N) is 1. The number of methoxy groups -OCH3 is 1. The van der Waals surface area contributed by atoms with Crippen molar-refractivity contribution in [1.29, 1.82) is 0 Å². The Labute approximate surface area is 97.5 Å². The van der Waals surface area contributed by atoms with Crippen LogP contribution in [0.4, 0.5) is 21.6 Å². The van der Waals surface area contributed by atoms with Gasteiger partial charge in [-0.3, -0.25) is 0 Å². The van der Waals surface area contributed by atoms with Gasteiger partial charge in [0.2, 0.25) is 0 Å². The van der Waals surface area contributed by atoms with Crippen molar-refractivity contribution in [2.45, 2.75) is 0 Å². The van der Waals surface area contributed by atoms with E-state index in [1.54, 1.807) is 6.07 Å². The Morgan fingerprint density at radius 1 is 1.41 bits per heavy atom. The van der Waals surface area contributed by atoms with Crippen LogP contribution in [0.15, 0.2) is 30.7 Å². The molecule has 2 rings (SSSR count). The predicted octanol–water partition coefficient (Wildman–Crippen LogP) is 1.95. The second-order valence-corrected chi connectivity index (χ2v) is 3.30. The molecule has 0 aliphatic rings. The van der Waals surface area contributed by atoms with Gasteiger partial charge in [0.1, 0.15) is 6.33 Å². The van der Waals surface area contributed by atoms with Gasteiger partial charge in [0.15, 0.2) is 17.4 Å². The summed E-state index contributed by atoms with van der Waals surface area (Å²) in [5, 5.41) is 2.89. The first-order valence-electron chi connectivity index (χ1n) is 4.86. The van der Waals surface area contributed by atoms with Gasteiger partial charge < -0.3 is 15.8 Å². The summed E-state index contributed by atoms with van der Waals surface area (Å²) in [5.74, 6) is 0.168. The Morgan fingerprint density at radius 2 is 2.24 bits per heavy atom. The molecule has 0 spiro atoms. The minimum absolute atomic E-state index is 0.186. The third kappa shape index (κ3) is 2.41. The molecule has 3 N–H and O–H groups in total. The third-order valence-electron chi connectivity index (χ3n) is 2.16. The van der Waals surface area contributed by atoms with Gasteiger partial charge in [-0.1, -0.05) is 0 Å². The number of rotatable bonds is 3. The number of ether oxygens (including phenoxy) is 1. The first kappa shape index (κ1) is 11.1. The number of benzene rings is 1. The van der Waals surface area contributed by atoms with E-state index in [2.05, 4.69) is 15.3 Å². The molecule has 0 fully saturated rings. The number of nitrogens with zero attached hydrogens (tertiary/aromatic N) is 2. The highest BCUT2D eigenvalue weighted by Gasteiger charge is 2.05. The molecule has 2 aromatic rings. The third-order valence-corrected chi connectivity index (χ3v) is 2.16.